The van der Waals surface area contributed by atoms with Crippen molar-refractivity contribution < 1.29 is 9.90 Å². The van der Waals surface area contributed by atoms with Crippen LogP contribution in [0.25, 0.3) is 0 Å². The molecule has 0 aliphatic carbocycles. The van der Waals surface area contributed by atoms with Gasteiger partial charge in [0.1, 0.15) is 0 Å². The number of carbonyl (C=O) groups is 1. The normalized spacial score (nSPS) is 12.8. The molecule has 0 radical (unpaired) electrons. The third kappa shape index (κ3) is 7.50. The molecule has 12 heavy (non-hydrogen) atoms. The SMILES string of the molecule is NCCCC[C@H](N)CCC(=O)O. The third-order valence-electron chi connectivity index (χ3n) is 1.76. The van der Waals surface area contributed by atoms with Gasteiger partial charge in [0.25, 0.3) is 0 Å². The summed E-state index contributed by atoms with van der Waals surface area (Å²) in [4.78, 5) is 10.2. The first kappa shape index (κ1) is 11.4. The molecule has 1 atom stereocenters. The highest BCUT2D eigenvalue weighted by molar-refractivity contribution is 5.66. The van der Waals surface area contributed by atoms with Gasteiger partial charge in [-0.2, -0.15) is 0 Å². The monoisotopic (exact) mass is 174 g/mol. The van der Waals surface area contributed by atoms with Crippen molar-refractivity contribution in [2.45, 2.75) is 38.1 Å². The minimum absolute atomic E-state index is 0.0210. The van der Waals surface area contributed by atoms with Crippen molar-refractivity contribution in [3.8, 4) is 0 Å². The van der Waals surface area contributed by atoms with Crippen LogP contribution >= 0.6 is 0 Å². The predicted molar refractivity (Wildman–Crippen MR) is 47.8 cm³/mol. The van der Waals surface area contributed by atoms with Crippen LogP contribution < -0.4 is 11.5 Å². The lowest BCUT2D eigenvalue weighted by molar-refractivity contribution is -0.137. The molecule has 0 fully saturated rings. The molecule has 0 rings (SSSR count). The second-order valence-corrected chi connectivity index (χ2v) is 2.98. The Kier molecular flexibility index (Phi) is 6.70. The number of aliphatic carboxylic acids is 1. The van der Waals surface area contributed by atoms with E-state index < -0.39 is 5.97 Å². The van der Waals surface area contributed by atoms with Gasteiger partial charge in [0.2, 0.25) is 0 Å². The summed E-state index contributed by atoms with van der Waals surface area (Å²) >= 11 is 0. The Balaban J connectivity index is 3.21. The lowest BCUT2D eigenvalue weighted by Gasteiger charge is -2.08. The van der Waals surface area contributed by atoms with Gasteiger partial charge in [0, 0.05) is 12.5 Å². The lowest BCUT2D eigenvalue weighted by atomic mass is 10.1. The zero-order chi connectivity index (χ0) is 9.40. The van der Waals surface area contributed by atoms with Gasteiger partial charge in [-0.05, 0) is 25.8 Å². The quantitative estimate of drug-likeness (QED) is 0.484. The van der Waals surface area contributed by atoms with E-state index >= 15 is 0 Å². The Morgan fingerprint density at radius 3 is 2.50 bits per heavy atom. The summed E-state index contributed by atoms with van der Waals surface area (Å²) in [5.41, 5.74) is 11.0. The Morgan fingerprint density at radius 2 is 2.00 bits per heavy atom. The number of carboxylic acid groups (broad SMARTS) is 1. The van der Waals surface area contributed by atoms with Gasteiger partial charge in [-0.1, -0.05) is 6.42 Å². The molecule has 0 aromatic carbocycles. The number of hydrogen-bond donors (Lipinski definition) is 3. The predicted octanol–water partition coefficient (Wildman–Crippen LogP) is 0.308. The number of hydrogen-bond acceptors (Lipinski definition) is 3. The molecule has 0 aromatic heterocycles. The highest BCUT2D eigenvalue weighted by atomic mass is 16.4. The molecule has 0 aliphatic rings. The average molecular weight is 174 g/mol. The first-order valence-corrected chi connectivity index (χ1v) is 4.34. The standard InChI is InChI=1S/C8H18N2O2/c9-6-2-1-3-7(10)4-5-8(11)12/h7H,1-6,9-10H2,(H,11,12)/t7-/m0/s1. The second kappa shape index (κ2) is 7.06. The molecule has 5 N–H and O–H groups in total. The van der Waals surface area contributed by atoms with Gasteiger partial charge in [0.05, 0.1) is 0 Å². The van der Waals surface area contributed by atoms with Crippen LogP contribution in [0.3, 0.4) is 0 Å². The Bertz CT molecular complexity index is 128. The van der Waals surface area contributed by atoms with Gasteiger partial charge in [-0.25, -0.2) is 0 Å². The van der Waals surface area contributed by atoms with E-state index in [2.05, 4.69) is 0 Å². The molecule has 0 spiro atoms. The van der Waals surface area contributed by atoms with E-state index in [1.807, 2.05) is 0 Å². The highest BCUT2D eigenvalue weighted by Crippen LogP contribution is 2.03. The van der Waals surface area contributed by atoms with Gasteiger partial charge in [-0.15, -0.1) is 0 Å². The summed E-state index contributed by atoms with van der Waals surface area (Å²) in [7, 11) is 0. The summed E-state index contributed by atoms with van der Waals surface area (Å²) in [6.45, 7) is 0.686. The fraction of sp³-hybridized carbons (Fsp3) is 0.875. The molecular formula is C8H18N2O2. The highest BCUT2D eigenvalue weighted by Gasteiger charge is 2.04. The van der Waals surface area contributed by atoms with Crippen molar-refractivity contribution >= 4 is 5.97 Å². The average Bonchev–Trinajstić information content (AvgIpc) is 2.01. The van der Waals surface area contributed by atoms with Crippen molar-refractivity contribution in [1.29, 1.82) is 0 Å². The zero-order valence-electron chi connectivity index (χ0n) is 7.33. The van der Waals surface area contributed by atoms with Crippen LogP contribution in [0.2, 0.25) is 0 Å². The molecule has 0 saturated heterocycles. The number of carboxylic acids is 1. The molecule has 0 saturated carbocycles. The largest absolute Gasteiger partial charge is 0.481 e. The molecule has 0 aliphatic heterocycles. The van der Waals surface area contributed by atoms with Gasteiger partial charge in [-0.3, -0.25) is 4.79 Å². The van der Waals surface area contributed by atoms with Crippen molar-refractivity contribution in [1.82, 2.24) is 0 Å². The summed E-state index contributed by atoms with van der Waals surface area (Å²) in [5.74, 6) is -0.774. The van der Waals surface area contributed by atoms with E-state index in [4.69, 9.17) is 16.6 Å². The van der Waals surface area contributed by atoms with Gasteiger partial charge < -0.3 is 16.6 Å². The minimum atomic E-state index is -0.774. The van der Waals surface area contributed by atoms with Crippen molar-refractivity contribution in [3.05, 3.63) is 0 Å². The van der Waals surface area contributed by atoms with E-state index in [1.165, 1.54) is 0 Å². The molecular weight excluding hydrogens is 156 g/mol. The van der Waals surface area contributed by atoms with Crippen LogP contribution in [0.1, 0.15) is 32.1 Å². The van der Waals surface area contributed by atoms with Crippen LogP contribution in [0.4, 0.5) is 0 Å². The summed E-state index contributed by atoms with van der Waals surface area (Å²) in [6.07, 6.45) is 3.59. The van der Waals surface area contributed by atoms with Crippen LogP contribution in [0.15, 0.2) is 0 Å². The van der Waals surface area contributed by atoms with E-state index in [0.29, 0.717) is 13.0 Å². The molecule has 0 aromatic rings. The molecule has 4 nitrogen and oxygen atoms in total. The first-order chi connectivity index (χ1) is 5.66. The number of rotatable bonds is 7. The van der Waals surface area contributed by atoms with Crippen LogP contribution in [-0.2, 0) is 4.79 Å². The van der Waals surface area contributed by atoms with Crippen LogP contribution in [0.5, 0.6) is 0 Å². The third-order valence-corrected chi connectivity index (χ3v) is 1.76. The fourth-order valence-electron chi connectivity index (χ4n) is 1.00. The lowest BCUT2D eigenvalue weighted by Crippen LogP contribution is -2.21. The molecule has 72 valence electrons. The van der Waals surface area contributed by atoms with Gasteiger partial charge >= 0.3 is 5.97 Å². The van der Waals surface area contributed by atoms with E-state index in [-0.39, 0.29) is 12.5 Å². The summed E-state index contributed by atoms with van der Waals surface area (Å²) < 4.78 is 0. The van der Waals surface area contributed by atoms with E-state index in [1.54, 1.807) is 0 Å². The fourth-order valence-corrected chi connectivity index (χ4v) is 1.00. The van der Waals surface area contributed by atoms with Crippen molar-refractivity contribution in [3.63, 3.8) is 0 Å². The molecule has 4 heteroatoms. The molecule has 0 bridgehead atoms. The van der Waals surface area contributed by atoms with Crippen LogP contribution in [0, 0.1) is 0 Å². The Hall–Kier alpha value is -0.610. The summed E-state index contributed by atoms with van der Waals surface area (Å²) in [5, 5.41) is 8.36. The van der Waals surface area contributed by atoms with Crippen LogP contribution in [-0.4, -0.2) is 23.7 Å². The Labute approximate surface area is 72.9 Å². The number of unbranched alkanes of at least 4 members (excludes halogenated alkanes) is 1. The maximum Gasteiger partial charge on any atom is 0.303 e. The zero-order valence-corrected chi connectivity index (χ0v) is 7.33. The Morgan fingerprint density at radius 1 is 1.33 bits per heavy atom. The molecule has 0 heterocycles. The van der Waals surface area contributed by atoms with Gasteiger partial charge in [0.15, 0.2) is 0 Å². The minimum Gasteiger partial charge on any atom is -0.481 e. The number of nitrogens with two attached hydrogens (primary N) is 2. The van der Waals surface area contributed by atoms with E-state index in [0.717, 1.165) is 19.3 Å². The maximum atomic E-state index is 10.2. The summed E-state index contributed by atoms with van der Waals surface area (Å²) in [6, 6.07) is 0.0210. The van der Waals surface area contributed by atoms with Crippen molar-refractivity contribution in [2.75, 3.05) is 6.54 Å². The smallest absolute Gasteiger partial charge is 0.303 e. The maximum absolute atomic E-state index is 10.2. The van der Waals surface area contributed by atoms with Crippen molar-refractivity contribution in [2.24, 2.45) is 11.5 Å². The first-order valence-electron chi connectivity index (χ1n) is 4.34. The molecule has 0 unspecified atom stereocenters. The molecule has 0 amide bonds. The second-order valence-electron chi connectivity index (χ2n) is 2.98. The van der Waals surface area contributed by atoms with E-state index in [9.17, 15) is 4.79 Å². The topological polar surface area (TPSA) is 89.3 Å².